The molecule has 12 heavy (non-hydrogen) atoms. The molecule has 0 aromatic carbocycles. The number of nitrogens with one attached hydrogen (secondary N) is 1. The van der Waals surface area contributed by atoms with Crippen molar-refractivity contribution in [1.82, 2.24) is 5.32 Å². The van der Waals surface area contributed by atoms with E-state index in [1.807, 2.05) is 0 Å². The van der Waals surface area contributed by atoms with E-state index < -0.39 is 0 Å². The van der Waals surface area contributed by atoms with Crippen molar-refractivity contribution in [3.63, 3.8) is 0 Å². The molecule has 0 fully saturated rings. The fourth-order valence-electron chi connectivity index (χ4n) is 1.26. The summed E-state index contributed by atoms with van der Waals surface area (Å²) in [4.78, 5) is 0. The molecule has 0 aliphatic heterocycles. The van der Waals surface area contributed by atoms with Crippen molar-refractivity contribution < 1.29 is 0 Å². The van der Waals surface area contributed by atoms with Gasteiger partial charge in [0, 0.05) is 6.04 Å². The summed E-state index contributed by atoms with van der Waals surface area (Å²) in [6, 6.07) is 0.609. The number of hydrogen-bond acceptors (Lipinski definition) is 1. The molecule has 0 spiro atoms. The van der Waals surface area contributed by atoms with Crippen LogP contribution in [-0.4, -0.2) is 6.04 Å². The van der Waals surface area contributed by atoms with Gasteiger partial charge in [-0.15, -0.1) is 0 Å². The molecule has 0 radical (unpaired) electrons. The van der Waals surface area contributed by atoms with Crippen LogP contribution in [0.2, 0.25) is 0 Å². The molecule has 1 unspecified atom stereocenters. The molecule has 1 atom stereocenters. The third-order valence-corrected chi connectivity index (χ3v) is 1.78. The van der Waals surface area contributed by atoms with E-state index in [1.165, 1.54) is 19.3 Å². The summed E-state index contributed by atoms with van der Waals surface area (Å²) < 4.78 is 0. The van der Waals surface area contributed by atoms with Crippen LogP contribution in [0.15, 0.2) is 12.3 Å². The van der Waals surface area contributed by atoms with Crippen LogP contribution in [0.4, 0.5) is 0 Å². The predicted octanol–water partition coefficient (Wildman–Crippen LogP) is 3.32. The average molecular weight is 169 g/mol. The Morgan fingerprint density at radius 2 is 1.92 bits per heavy atom. The van der Waals surface area contributed by atoms with E-state index in [2.05, 4.69) is 45.3 Å². The molecule has 1 N–H and O–H groups in total. The molecule has 1 heteroatoms. The average Bonchev–Trinajstić information content (AvgIpc) is 1.97. The third-order valence-electron chi connectivity index (χ3n) is 1.78. The first-order valence-corrected chi connectivity index (χ1v) is 5.07. The van der Waals surface area contributed by atoms with Crippen LogP contribution in [-0.2, 0) is 0 Å². The Labute approximate surface area is 77.2 Å². The Morgan fingerprint density at radius 3 is 2.42 bits per heavy atom. The monoisotopic (exact) mass is 169 g/mol. The Bertz CT molecular complexity index is 116. The zero-order valence-corrected chi connectivity index (χ0v) is 8.93. The van der Waals surface area contributed by atoms with Crippen molar-refractivity contribution >= 4 is 0 Å². The van der Waals surface area contributed by atoms with Crippen molar-refractivity contribution in [2.45, 2.75) is 53.0 Å². The second-order valence-electron chi connectivity index (χ2n) is 3.89. The van der Waals surface area contributed by atoms with Gasteiger partial charge in [-0.1, -0.05) is 33.3 Å². The van der Waals surface area contributed by atoms with Gasteiger partial charge in [0.2, 0.25) is 0 Å². The van der Waals surface area contributed by atoms with Crippen LogP contribution >= 0.6 is 0 Å². The first kappa shape index (κ1) is 11.5. The summed E-state index contributed by atoms with van der Waals surface area (Å²) in [7, 11) is 0. The van der Waals surface area contributed by atoms with Gasteiger partial charge >= 0.3 is 0 Å². The van der Waals surface area contributed by atoms with E-state index >= 15 is 0 Å². The third kappa shape index (κ3) is 7.64. The lowest BCUT2D eigenvalue weighted by molar-refractivity contribution is 0.480. The maximum atomic E-state index is 3.37. The Kier molecular flexibility index (Phi) is 6.93. The lowest BCUT2D eigenvalue weighted by Crippen LogP contribution is -2.21. The normalized spacial score (nSPS) is 14.1. The van der Waals surface area contributed by atoms with Gasteiger partial charge in [0.25, 0.3) is 0 Å². The van der Waals surface area contributed by atoms with Gasteiger partial charge in [0.1, 0.15) is 0 Å². The minimum atomic E-state index is 0.609. The molecule has 0 aromatic heterocycles. The standard InChI is InChI=1S/C11H23N/c1-5-6-7-8-12-11(4)9-10(2)3/h7-8,10-12H,5-6,9H2,1-4H3/b8-7+. The van der Waals surface area contributed by atoms with Gasteiger partial charge < -0.3 is 5.32 Å². The molecule has 0 saturated heterocycles. The minimum absolute atomic E-state index is 0.609. The topological polar surface area (TPSA) is 12.0 Å². The summed E-state index contributed by atoms with van der Waals surface area (Å²) in [5, 5.41) is 3.37. The van der Waals surface area contributed by atoms with Crippen LogP contribution in [0, 0.1) is 5.92 Å². The minimum Gasteiger partial charge on any atom is -0.389 e. The number of hydrogen-bond donors (Lipinski definition) is 1. The van der Waals surface area contributed by atoms with Crippen molar-refractivity contribution in [1.29, 1.82) is 0 Å². The molecular formula is C11H23N. The van der Waals surface area contributed by atoms with Gasteiger partial charge in [0.05, 0.1) is 0 Å². The lowest BCUT2D eigenvalue weighted by atomic mass is 10.1. The predicted molar refractivity (Wildman–Crippen MR) is 56.1 cm³/mol. The Balaban J connectivity index is 3.36. The molecule has 0 aliphatic carbocycles. The van der Waals surface area contributed by atoms with Crippen molar-refractivity contribution in [2.24, 2.45) is 5.92 Å². The SMILES string of the molecule is CCC/C=C/NC(C)CC(C)C. The fraction of sp³-hybridized carbons (Fsp3) is 0.818. The summed E-state index contributed by atoms with van der Waals surface area (Å²) in [6.07, 6.45) is 7.96. The van der Waals surface area contributed by atoms with E-state index in [-0.39, 0.29) is 0 Å². The molecule has 0 rings (SSSR count). The zero-order valence-electron chi connectivity index (χ0n) is 8.93. The van der Waals surface area contributed by atoms with Gasteiger partial charge in [-0.05, 0) is 31.9 Å². The van der Waals surface area contributed by atoms with Gasteiger partial charge in [-0.3, -0.25) is 0 Å². The van der Waals surface area contributed by atoms with Gasteiger partial charge in [0.15, 0.2) is 0 Å². The number of allylic oxidation sites excluding steroid dienone is 1. The van der Waals surface area contributed by atoms with Crippen molar-refractivity contribution in [2.75, 3.05) is 0 Å². The summed E-state index contributed by atoms with van der Waals surface area (Å²) in [5.41, 5.74) is 0. The van der Waals surface area contributed by atoms with E-state index in [0.29, 0.717) is 6.04 Å². The molecule has 72 valence electrons. The highest BCUT2D eigenvalue weighted by Crippen LogP contribution is 2.03. The van der Waals surface area contributed by atoms with E-state index in [4.69, 9.17) is 0 Å². The highest BCUT2D eigenvalue weighted by molar-refractivity contribution is 4.81. The Morgan fingerprint density at radius 1 is 1.25 bits per heavy atom. The van der Waals surface area contributed by atoms with Crippen LogP contribution in [0.3, 0.4) is 0 Å². The lowest BCUT2D eigenvalue weighted by Gasteiger charge is -2.13. The number of unbranched alkanes of at least 4 members (excludes halogenated alkanes) is 1. The quantitative estimate of drug-likeness (QED) is 0.643. The maximum Gasteiger partial charge on any atom is 0.0229 e. The van der Waals surface area contributed by atoms with Crippen LogP contribution in [0.25, 0.3) is 0 Å². The molecular weight excluding hydrogens is 146 g/mol. The van der Waals surface area contributed by atoms with E-state index in [0.717, 1.165) is 5.92 Å². The van der Waals surface area contributed by atoms with Crippen LogP contribution in [0.1, 0.15) is 47.0 Å². The maximum absolute atomic E-state index is 3.37. The summed E-state index contributed by atoms with van der Waals surface area (Å²) in [6.45, 7) is 8.94. The second-order valence-corrected chi connectivity index (χ2v) is 3.89. The summed E-state index contributed by atoms with van der Waals surface area (Å²) >= 11 is 0. The molecule has 0 saturated carbocycles. The summed E-state index contributed by atoms with van der Waals surface area (Å²) in [5.74, 6) is 0.784. The van der Waals surface area contributed by atoms with Gasteiger partial charge in [-0.25, -0.2) is 0 Å². The molecule has 0 amide bonds. The first-order valence-electron chi connectivity index (χ1n) is 5.07. The Hall–Kier alpha value is -0.460. The van der Waals surface area contributed by atoms with Gasteiger partial charge in [-0.2, -0.15) is 0 Å². The first-order chi connectivity index (χ1) is 5.66. The van der Waals surface area contributed by atoms with Crippen molar-refractivity contribution in [3.8, 4) is 0 Å². The highest BCUT2D eigenvalue weighted by atomic mass is 14.9. The molecule has 1 nitrogen and oxygen atoms in total. The molecule has 0 heterocycles. The zero-order chi connectivity index (χ0) is 9.40. The molecule has 0 aromatic rings. The fourth-order valence-corrected chi connectivity index (χ4v) is 1.26. The molecule has 0 aliphatic rings. The van der Waals surface area contributed by atoms with Crippen molar-refractivity contribution in [3.05, 3.63) is 12.3 Å². The van der Waals surface area contributed by atoms with Crippen LogP contribution < -0.4 is 5.32 Å². The van der Waals surface area contributed by atoms with Crippen LogP contribution in [0.5, 0.6) is 0 Å². The largest absolute Gasteiger partial charge is 0.389 e. The van der Waals surface area contributed by atoms with E-state index in [1.54, 1.807) is 0 Å². The second kappa shape index (κ2) is 7.20. The molecule has 0 bridgehead atoms. The number of rotatable bonds is 6. The highest BCUT2D eigenvalue weighted by Gasteiger charge is 2.00. The smallest absolute Gasteiger partial charge is 0.0229 e. The van der Waals surface area contributed by atoms with E-state index in [9.17, 15) is 0 Å².